The molecule has 560 valence electrons. The molecule has 101 heavy (non-hydrogen) atoms. The SMILES string of the molecule is CC(C)(C)OC(=O)NCCCc1cc(Oc2ccc(N)cc2CCCNC(=O)OC(C)(C)C)cc(C(F)(F)F)c1.CCCSc1cc(SCCC)c(C(F)(F)F)cc1CC(=O)Cc1ccc(Oc2ccc(NCCNC(=O)OC(C)(C)C)c(C(F)(F)F)c2)c(CCCNC(=O)OC(C)(C)C)c1. The summed E-state index contributed by atoms with van der Waals surface area (Å²) in [6.45, 7) is 25.3. The van der Waals surface area contributed by atoms with Crippen LogP contribution < -0.4 is 41.8 Å². The van der Waals surface area contributed by atoms with Crippen molar-refractivity contribution in [3.05, 3.63) is 129 Å². The maximum absolute atomic E-state index is 14.3. The molecule has 0 saturated heterocycles. The fourth-order valence-corrected chi connectivity index (χ4v) is 11.3. The lowest BCUT2D eigenvalue weighted by Gasteiger charge is -2.20. The van der Waals surface area contributed by atoms with Gasteiger partial charge < -0.3 is 60.7 Å². The Morgan fingerprint density at radius 2 is 0.891 bits per heavy atom. The zero-order valence-electron chi connectivity index (χ0n) is 59.9. The number of carbonyl (C=O) groups is 5. The van der Waals surface area contributed by atoms with E-state index in [-0.39, 0.29) is 85.5 Å². The van der Waals surface area contributed by atoms with Gasteiger partial charge in [0.2, 0.25) is 0 Å². The van der Waals surface area contributed by atoms with E-state index >= 15 is 0 Å². The molecular weight excluding hydrogens is 1370 g/mol. The van der Waals surface area contributed by atoms with Gasteiger partial charge in [0.05, 0.1) is 16.7 Å². The van der Waals surface area contributed by atoms with Crippen LogP contribution in [0.5, 0.6) is 23.0 Å². The number of alkyl carbamates (subject to hydrolysis) is 4. The lowest BCUT2D eigenvalue weighted by Crippen LogP contribution is -2.35. The number of carbonyl (C=O) groups excluding carboxylic acids is 5. The van der Waals surface area contributed by atoms with Crippen LogP contribution in [0.4, 0.5) is 70.1 Å². The monoisotopic (exact) mass is 1470 g/mol. The summed E-state index contributed by atoms with van der Waals surface area (Å²) < 4.78 is 159. The van der Waals surface area contributed by atoms with E-state index in [0.717, 1.165) is 42.4 Å². The van der Waals surface area contributed by atoms with Gasteiger partial charge >= 0.3 is 42.9 Å². The summed E-state index contributed by atoms with van der Waals surface area (Å²) in [5, 5.41) is 13.1. The second-order valence-corrected chi connectivity index (χ2v) is 29.9. The van der Waals surface area contributed by atoms with Gasteiger partial charge in [-0.25, -0.2) is 19.2 Å². The number of anilines is 2. The van der Waals surface area contributed by atoms with Crippen molar-refractivity contribution in [3.8, 4) is 23.0 Å². The number of ether oxygens (including phenoxy) is 6. The first-order valence-corrected chi connectivity index (χ1v) is 35.2. The number of halogens is 9. The number of thioether (sulfide) groups is 2. The molecule has 28 heteroatoms. The van der Waals surface area contributed by atoms with Gasteiger partial charge in [0.15, 0.2) is 0 Å². The average molecular weight is 1470 g/mol. The molecule has 0 saturated carbocycles. The zero-order chi connectivity index (χ0) is 75.7. The van der Waals surface area contributed by atoms with Crippen LogP contribution in [0.15, 0.2) is 94.7 Å². The summed E-state index contributed by atoms with van der Waals surface area (Å²) in [6, 6.07) is 19.3. The van der Waals surface area contributed by atoms with Crippen LogP contribution in [-0.2, 0) is 74.4 Å². The van der Waals surface area contributed by atoms with Crippen molar-refractivity contribution in [3.63, 3.8) is 0 Å². The number of ketones is 1. The molecule has 0 aliphatic rings. The highest BCUT2D eigenvalue weighted by atomic mass is 32.2. The number of alkyl halides is 9. The Balaban J connectivity index is 0.000000467. The first-order chi connectivity index (χ1) is 46.8. The number of hydrogen-bond donors (Lipinski definition) is 6. The van der Waals surface area contributed by atoms with Crippen molar-refractivity contribution in [2.24, 2.45) is 0 Å². The number of Topliss-reactive ketones (excluding diaryl/α,β-unsaturated/α-hetero) is 1. The number of hydrogen-bond acceptors (Lipinski definition) is 15. The Bertz CT molecular complexity index is 3540. The van der Waals surface area contributed by atoms with E-state index < -0.39 is 82.0 Å². The lowest BCUT2D eigenvalue weighted by atomic mass is 9.98. The maximum atomic E-state index is 14.3. The van der Waals surface area contributed by atoms with Crippen LogP contribution in [0.3, 0.4) is 0 Å². The normalized spacial score (nSPS) is 12.1. The van der Waals surface area contributed by atoms with Gasteiger partial charge in [-0.15, -0.1) is 23.5 Å². The largest absolute Gasteiger partial charge is 0.457 e. The zero-order valence-corrected chi connectivity index (χ0v) is 61.5. The summed E-state index contributed by atoms with van der Waals surface area (Å²) >= 11 is 2.55. The van der Waals surface area contributed by atoms with Gasteiger partial charge in [-0.3, -0.25) is 4.79 Å². The molecule has 4 amide bonds. The molecule has 7 N–H and O–H groups in total. The van der Waals surface area contributed by atoms with E-state index in [4.69, 9.17) is 34.2 Å². The molecule has 0 fully saturated rings. The van der Waals surface area contributed by atoms with Gasteiger partial charge in [0.1, 0.15) is 51.2 Å². The molecule has 5 aromatic rings. The number of nitrogens with two attached hydrogens (primary N) is 1. The predicted molar refractivity (Wildman–Crippen MR) is 377 cm³/mol. The van der Waals surface area contributed by atoms with Gasteiger partial charge in [0.25, 0.3) is 0 Å². The molecule has 0 bridgehead atoms. The van der Waals surface area contributed by atoms with Crippen molar-refractivity contribution < 1.29 is 91.9 Å². The highest BCUT2D eigenvalue weighted by molar-refractivity contribution is 8.00. The summed E-state index contributed by atoms with van der Waals surface area (Å²) in [5.41, 5.74) is 3.29. The molecular formula is C73H97F9N6O11S2. The van der Waals surface area contributed by atoms with Crippen LogP contribution in [-0.4, -0.2) is 96.8 Å². The highest BCUT2D eigenvalue weighted by Gasteiger charge is 2.37. The Morgan fingerprint density at radius 3 is 1.38 bits per heavy atom. The van der Waals surface area contributed by atoms with E-state index in [2.05, 4.69) is 26.6 Å². The number of nitrogens with one attached hydrogen (secondary N) is 5. The second-order valence-electron chi connectivity index (χ2n) is 27.6. The molecule has 0 aromatic heterocycles. The van der Waals surface area contributed by atoms with Crippen LogP contribution >= 0.6 is 23.5 Å². The Labute approximate surface area is 595 Å². The fraction of sp³-hybridized carbons (Fsp3) is 0.521. The Hall–Kier alpha value is -7.88. The smallest absolute Gasteiger partial charge is 0.418 e. The average Bonchev–Trinajstić information content (AvgIpc) is 0.809. The number of rotatable bonds is 30. The number of aryl methyl sites for hydroxylation is 3. The maximum Gasteiger partial charge on any atom is 0.418 e. The summed E-state index contributed by atoms with van der Waals surface area (Å²) in [4.78, 5) is 62.2. The summed E-state index contributed by atoms with van der Waals surface area (Å²) in [7, 11) is 0. The molecule has 5 aromatic carbocycles. The first-order valence-electron chi connectivity index (χ1n) is 33.2. The molecule has 0 atom stereocenters. The minimum Gasteiger partial charge on any atom is -0.457 e. The van der Waals surface area contributed by atoms with Crippen molar-refractivity contribution in [2.75, 3.05) is 55.3 Å². The van der Waals surface area contributed by atoms with Crippen molar-refractivity contribution in [1.82, 2.24) is 21.3 Å². The minimum atomic E-state index is -4.77. The molecule has 0 radical (unpaired) electrons. The standard InChI is InChI=1S/C44H57F6N3O6S2.C29H40F3N3O5/c1-9-20-60-37-27-38(61-21-10-2)34(44(48,49)50)25-30(37)24-31(54)23-28-13-16-36(29(22-28)12-11-17-52-39(55)58-41(3,4)5)57-32-14-15-35(33(26-32)43(45,46)47)51-18-19-53-40(56)59-42(6,7)8;1-27(2,3)39-25(36)34-13-7-9-19-15-21(29(30,31)32)18-23(16-19)38-24-12-11-22(33)17-20(24)10-8-14-35-26(37)40-28(4,5)6/h13-16,22,25-27,51H,9-12,17-21,23-24H2,1-8H3,(H,52,55)(H,53,56);11-12,15-18H,7-10,13-14,33H2,1-6H3,(H,34,36)(H,35,37). The number of benzene rings is 5. The first kappa shape index (κ1) is 85.5. The second kappa shape index (κ2) is 38.4. The van der Waals surface area contributed by atoms with E-state index in [1.54, 1.807) is 126 Å². The van der Waals surface area contributed by atoms with Crippen LogP contribution in [0.2, 0.25) is 0 Å². The molecule has 0 aliphatic carbocycles. The number of nitrogen functional groups attached to an aromatic ring is 1. The summed E-state index contributed by atoms with van der Waals surface area (Å²) in [6.07, 6.45) is -13.0. The lowest BCUT2D eigenvalue weighted by molar-refractivity contribution is -0.140. The van der Waals surface area contributed by atoms with Gasteiger partial charge in [-0.05, 0) is 247 Å². The van der Waals surface area contributed by atoms with Crippen LogP contribution in [0.25, 0.3) is 0 Å². The van der Waals surface area contributed by atoms with Gasteiger partial charge in [-0.1, -0.05) is 26.0 Å². The number of amides is 4. The Kier molecular flexibility index (Phi) is 32.5. The van der Waals surface area contributed by atoms with Gasteiger partial charge in [-0.2, -0.15) is 39.5 Å². The van der Waals surface area contributed by atoms with Crippen LogP contribution in [0.1, 0.15) is 174 Å². The topological polar surface area (TPSA) is 227 Å². The van der Waals surface area contributed by atoms with E-state index in [1.165, 1.54) is 30.0 Å². The third-order valence-corrected chi connectivity index (χ3v) is 16.0. The predicted octanol–water partition coefficient (Wildman–Crippen LogP) is 19.3. The third-order valence-electron chi connectivity index (χ3n) is 13.4. The molecule has 0 heterocycles. The quantitative estimate of drug-likeness (QED) is 0.00826. The minimum absolute atomic E-state index is 0.0104. The van der Waals surface area contributed by atoms with Crippen molar-refractivity contribution in [2.45, 2.75) is 212 Å². The molecule has 0 aliphatic heterocycles. The Morgan fingerprint density at radius 1 is 0.426 bits per heavy atom. The summed E-state index contributed by atoms with van der Waals surface area (Å²) in [5.74, 6) is 1.32. The molecule has 5 rings (SSSR count). The van der Waals surface area contributed by atoms with E-state index in [0.29, 0.717) is 94.3 Å². The molecule has 17 nitrogen and oxygen atoms in total. The van der Waals surface area contributed by atoms with Gasteiger partial charge in [0, 0.05) is 66.7 Å². The van der Waals surface area contributed by atoms with Crippen LogP contribution in [0, 0.1) is 0 Å². The fourth-order valence-electron chi connectivity index (χ4n) is 9.38. The van der Waals surface area contributed by atoms with E-state index in [1.807, 2.05) is 13.8 Å². The molecule has 0 unspecified atom stereocenters. The highest BCUT2D eigenvalue weighted by Crippen LogP contribution is 2.43. The molecule has 0 spiro atoms. The van der Waals surface area contributed by atoms with E-state index in [9.17, 15) is 63.5 Å². The third kappa shape index (κ3) is 33.6. The van der Waals surface area contributed by atoms with Crippen molar-refractivity contribution in [1.29, 1.82) is 0 Å². The van der Waals surface area contributed by atoms with Crippen molar-refractivity contribution >= 4 is 65.1 Å².